The minimum Gasteiger partial charge on any atom is -0.331 e. The molecule has 24 heavy (non-hydrogen) atoms. The number of halogens is 5. The molecule has 3 rings (SSSR count). The molecule has 124 valence electrons. The summed E-state index contributed by atoms with van der Waals surface area (Å²) in [6.07, 6.45) is -4.35. The van der Waals surface area contributed by atoms with E-state index in [0.29, 0.717) is 26.4 Å². The molecule has 0 aliphatic rings. The van der Waals surface area contributed by atoms with Gasteiger partial charge in [0.2, 0.25) is 0 Å². The second-order valence-electron chi connectivity index (χ2n) is 4.87. The molecule has 0 spiro atoms. The van der Waals surface area contributed by atoms with Gasteiger partial charge in [0.1, 0.15) is 0 Å². The predicted molar refractivity (Wildman–Crippen MR) is 92.3 cm³/mol. The third-order valence-electron chi connectivity index (χ3n) is 3.18. The van der Waals surface area contributed by atoms with Crippen LogP contribution in [0.15, 0.2) is 47.8 Å². The third-order valence-corrected chi connectivity index (χ3v) is 4.68. The van der Waals surface area contributed by atoms with Gasteiger partial charge < -0.3 is 5.32 Å². The highest BCUT2D eigenvalue weighted by Gasteiger charge is 2.30. The van der Waals surface area contributed by atoms with E-state index in [9.17, 15) is 13.2 Å². The van der Waals surface area contributed by atoms with Crippen molar-refractivity contribution in [3.05, 3.63) is 63.5 Å². The van der Waals surface area contributed by atoms with E-state index in [2.05, 4.69) is 10.3 Å². The van der Waals surface area contributed by atoms with Gasteiger partial charge in [-0.1, -0.05) is 35.3 Å². The van der Waals surface area contributed by atoms with Gasteiger partial charge in [0.05, 0.1) is 21.3 Å². The molecular formula is C16H9Cl2F3N2S. The van der Waals surface area contributed by atoms with Gasteiger partial charge in [0, 0.05) is 16.6 Å². The van der Waals surface area contributed by atoms with Crippen LogP contribution in [0.25, 0.3) is 11.3 Å². The predicted octanol–water partition coefficient (Wildman–Crippen LogP) is 6.88. The molecule has 0 aliphatic heterocycles. The molecule has 0 atom stereocenters. The summed E-state index contributed by atoms with van der Waals surface area (Å²) < 4.78 is 37.8. The summed E-state index contributed by atoms with van der Waals surface area (Å²) in [5.74, 6) is 0. The van der Waals surface area contributed by atoms with Crippen LogP contribution < -0.4 is 5.32 Å². The highest BCUT2D eigenvalue weighted by Crippen LogP contribution is 2.33. The number of hydrogen-bond acceptors (Lipinski definition) is 3. The molecule has 0 bridgehead atoms. The molecule has 2 aromatic carbocycles. The highest BCUT2D eigenvalue weighted by atomic mass is 35.5. The Morgan fingerprint density at radius 1 is 0.958 bits per heavy atom. The van der Waals surface area contributed by atoms with Crippen LogP contribution in [0.5, 0.6) is 0 Å². The van der Waals surface area contributed by atoms with E-state index in [-0.39, 0.29) is 0 Å². The van der Waals surface area contributed by atoms with Crippen LogP contribution in [0.1, 0.15) is 5.56 Å². The monoisotopic (exact) mass is 388 g/mol. The number of rotatable bonds is 3. The third kappa shape index (κ3) is 3.83. The van der Waals surface area contributed by atoms with Crippen LogP contribution in [-0.2, 0) is 6.18 Å². The average Bonchev–Trinajstić information content (AvgIpc) is 2.99. The zero-order chi connectivity index (χ0) is 17.3. The first-order valence-electron chi connectivity index (χ1n) is 6.68. The van der Waals surface area contributed by atoms with E-state index in [4.69, 9.17) is 23.2 Å². The summed E-state index contributed by atoms with van der Waals surface area (Å²) in [6.45, 7) is 0. The summed E-state index contributed by atoms with van der Waals surface area (Å²) in [6, 6.07) is 9.98. The molecule has 3 aromatic rings. The van der Waals surface area contributed by atoms with Gasteiger partial charge in [0.15, 0.2) is 5.13 Å². The van der Waals surface area contributed by atoms with Crippen molar-refractivity contribution in [3.8, 4) is 11.3 Å². The van der Waals surface area contributed by atoms with E-state index in [1.165, 1.54) is 23.5 Å². The van der Waals surface area contributed by atoms with Gasteiger partial charge in [-0.3, -0.25) is 0 Å². The fraction of sp³-hybridized carbons (Fsp3) is 0.0625. The minimum absolute atomic E-state index is 0.418. The Hall–Kier alpha value is -1.76. The number of aromatic nitrogens is 1. The number of alkyl halides is 3. The first kappa shape index (κ1) is 17.1. The SMILES string of the molecule is FC(F)(F)c1ccc(-c2csc(Nc3ccc(Cl)c(Cl)c3)n2)cc1. The van der Waals surface area contributed by atoms with Crippen LogP contribution in [0, 0.1) is 0 Å². The maximum Gasteiger partial charge on any atom is 0.416 e. The molecule has 1 aromatic heterocycles. The number of thiazole rings is 1. The minimum atomic E-state index is -4.35. The summed E-state index contributed by atoms with van der Waals surface area (Å²) >= 11 is 13.2. The van der Waals surface area contributed by atoms with E-state index in [1.54, 1.807) is 23.6 Å². The van der Waals surface area contributed by atoms with Crippen molar-refractivity contribution in [3.63, 3.8) is 0 Å². The molecule has 0 fully saturated rings. The number of nitrogens with zero attached hydrogens (tertiary/aromatic N) is 1. The summed E-state index contributed by atoms with van der Waals surface area (Å²) in [4.78, 5) is 4.37. The molecule has 0 radical (unpaired) electrons. The van der Waals surface area contributed by atoms with Crippen LogP contribution in [0.4, 0.5) is 24.0 Å². The molecule has 0 saturated carbocycles. The number of nitrogens with one attached hydrogen (secondary N) is 1. The molecule has 0 aliphatic carbocycles. The smallest absolute Gasteiger partial charge is 0.331 e. The van der Waals surface area contributed by atoms with Gasteiger partial charge >= 0.3 is 6.18 Å². The lowest BCUT2D eigenvalue weighted by molar-refractivity contribution is -0.137. The first-order valence-corrected chi connectivity index (χ1v) is 8.32. The van der Waals surface area contributed by atoms with E-state index in [0.717, 1.165) is 17.8 Å². The molecule has 0 unspecified atom stereocenters. The van der Waals surface area contributed by atoms with E-state index in [1.807, 2.05) is 0 Å². The fourth-order valence-electron chi connectivity index (χ4n) is 1.99. The van der Waals surface area contributed by atoms with E-state index >= 15 is 0 Å². The zero-order valence-electron chi connectivity index (χ0n) is 11.9. The molecule has 0 saturated heterocycles. The van der Waals surface area contributed by atoms with Gasteiger partial charge in [-0.05, 0) is 30.3 Å². The van der Waals surface area contributed by atoms with Crippen molar-refractivity contribution >= 4 is 45.4 Å². The largest absolute Gasteiger partial charge is 0.416 e. The van der Waals surface area contributed by atoms with Crippen LogP contribution in [0.3, 0.4) is 0 Å². The van der Waals surface area contributed by atoms with Gasteiger partial charge in [-0.25, -0.2) is 4.98 Å². The number of benzene rings is 2. The standard InChI is InChI=1S/C16H9Cl2F3N2S/c17-12-6-5-11(7-13(12)18)22-15-23-14(8-24-15)9-1-3-10(4-2-9)16(19,20)21/h1-8H,(H,22,23). The van der Waals surface area contributed by atoms with Crippen molar-refractivity contribution in [2.24, 2.45) is 0 Å². The normalized spacial score (nSPS) is 11.5. The van der Waals surface area contributed by atoms with Crippen molar-refractivity contribution in [2.75, 3.05) is 5.32 Å². The zero-order valence-corrected chi connectivity index (χ0v) is 14.2. The van der Waals surface area contributed by atoms with Crippen molar-refractivity contribution in [1.82, 2.24) is 4.98 Å². The summed E-state index contributed by atoms with van der Waals surface area (Å²) in [7, 11) is 0. The first-order chi connectivity index (χ1) is 11.3. The number of hydrogen-bond donors (Lipinski definition) is 1. The molecular weight excluding hydrogens is 380 g/mol. The second-order valence-corrected chi connectivity index (χ2v) is 6.54. The Bertz CT molecular complexity index is 861. The lowest BCUT2D eigenvalue weighted by Gasteiger charge is -2.06. The van der Waals surface area contributed by atoms with Crippen LogP contribution in [0.2, 0.25) is 10.0 Å². The van der Waals surface area contributed by atoms with Gasteiger partial charge in [-0.15, -0.1) is 11.3 Å². The van der Waals surface area contributed by atoms with Gasteiger partial charge in [-0.2, -0.15) is 13.2 Å². The summed E-state index contributed by atoms with van der Waals surface area (Å²) in [5, 5.41) is 6.32. The lowest BCUT2D eigenvalue weighted by atomic mass is 10.1. The van der Waals surface area contributed by atoms with E-state index < -0.39 is 11.7 Å². The Balaban J connectivity index is 1.79. The van der Waals surface area contributed by atoms with Crippen molar-refractivity contribution in [2.45, 2.75) is 6.18 Å². The van der Waals surface area contributed by atoms with Crippen molar-refractivity contribution in [1.29, 1.82) is 0 Å². The van der Waals surface area contributed by atoms with Gasteiger partial charge in [0.25, 0.3) is 0 Å². The second kappa shape index (κ2) is 6.63. The lowest BCUT2D eigenvalue weighted by Crippen LogP contribution is -2.03. The maximum absolute atomic E-state index is 12.6. The van der Waals surface area contributed by atoms with Crippen LogP contribution in [-0.4, -0.2) is 4.98 Å². The van der Waals surface area contributed by atoms with Crippen LogP contribution >= 0.6 is 34.5 Å². The maximum atomic E-state index is 12.6. The summed E-state index contributed by atoms with van der Waals surface area (Å²) in [5.41, 5.74) is 1.24. The molecule has 1 N–H and O–H groups in total. The molecule has 0 amide bonds. The molecule has 8 heteroatoms. The highest BCUT2D eigenvalue weighted by molar-refractivity contribution is 7.14. The molecule has 2 nitrogen and oxygen atoms in total. The van der Waals surface area contributed by atoms with Crippen molar-refractivity contribution < 1.29 is 13.2 Å². The Kier molecular flexibility index (Phi) is 4.71. The Morgan fingerprint density at radius 2 is 1.67 bits per heavy atom. The topological polar surface area (TPSA) is 24.9 Å². The average molecular weight is 389 g/mol. The Morgan fingerprint density at radius 3 is 2.29 bits per heavy atom. The molecule has 1 heterocycles. The fourth-order valence-corrected chi connectivity index (χ4v) is 3.03. The number of anilines is 2. The quantitative estimate of drug-likeness (QED) is 0.528. The Labute approximate surface area is 149 Å².